The van der Waals surface area contributed by atoms with E-state index in [9.17, 15) is 13.5 Å². The second kappa shape index (κ2) is 6.51. The van der Waals surface area contributed by atoms with Gasteiger partial charge in [-0.15, -0.1) is 0 Å². The van der Waals surface area contributed by atoms with Gasteiger partial charge in [0.2, 0.25) is 0 Å². The van der Waals surface area contributed by atoms with Crippen molar-refractivity contribution < 1.29 is 13.5 Å². The first-order chi connectivity index (χ1) is 11.5. The topological polar surface area (TPSA) is 78.8 Å². The van der Waals surface area contributed by atoms with Crippen LogP contribution in [0.5, 0.6) is 5.75 Å². The van der Waals surface area contributed by atoms with Crippen LogP contribution in [-0.4, -0.2) is 19.7 Å². The molecule has 0 fully saturated rings. The van der Waals surface area contributed by atoms with E-state index in [-0.39, 0.29) is 10.6 Å². The number of rotatable bonds is 4. The molecule has 0 atom stereocenters. The molecule has 3 aromatic carbocycles. The van der Waals surface area contributed by atoms with Crippen LogP contribution in [0.1, 0.15) is 5.56 Å². The Bertz CT molecular complexity index is 1020. The molecule has 0 aromatic heterocycles. The van der Waals surface area contributed by atoms with Gasteiger partial charge < -0.3 is 5.11 Å². The van der Waals surface area contributed by atoms with Gasteiger partial charge in [0.25, 0.3) is 10.0 Å². The lowest BCUT2D eigenvalue weighted by Crippen LogP contribution is -2.18. The third kappa shape index (κ3) is 3.34. The lowest BCUT2D eigenvalue weighted by atomic mass is 10.1. The Morgan fingerprint density at radius 1 is 1.00 bits per heavy atom. The quantitative estimate of drug-likeness (QED) is 0.552. The predicted molar refractivity (Wildman–Crippen MR) is 95.0 cm³/mol. The van der Waals surface area contributed by atoms with Crippen molar-refractivity contribution >= 4 is 38.6 Å². The van der Waals surface area contributed by atoms with Gasteiger partial charge in [-0.1, -0.05) is 41.9 Å². The first-order valence-corrected chi connectivity index (χ1v) is 8.85. The average molecular weight is 361 g/mol. The lowest BCUT2D eigenvalue weighted by Gasteiger charge is -2.05. The molecular formula is C17H13ClN2O3S. The first kappa shape index (κ1) is 16.3. The van der Waals surface area contributed by atoms with E-state index in [1.165, 1.54) is 30.5 Å². The number of hydrogen-bond acceptors (Lipinski definition) is 4. The number of nitrogens with zero attached hydrogens (tertiary/aromatic N) is 1. The number of halogens is 1. The summed E-state index contributed by atoms with van der Waals surface area (Å²) in [7, 11) is -3.79. The number of nitrogens with one attached hydrogen (secondary N) is 1. The van der Waals surface area contributed by atoms with Crippen molar-refractivity contribution in [2.24, 2.45) is 5.10 Å². The Kier molecular flexibility index (Phi) is 4.42. The maximum atomic E-state index is 12.1. The predicted octanol–water partition coefficient (Wildman–Crippen LogP) is 3.51. The van der Waals surface area contributed by atoms with E-state index in [1.54, 1.807) is 12.1 Å². The van der Waals surface area contributed by atoms with E-state index in [0.29, 0.717) is 16.0 Å². The average Bonchev–Trinajstić information content (AvgIpc) is 2.57. The van der Waals surface area contributed by atoms with E-state index in [4.69, 9.17) is 11.6 Å². The van der Waals surface area contributed by atoms with Crippen LogP contribution in [-0.2, 0) is 10.0 Å². The van der Waals surface area contributed by atoms with Crippen LogP contribution in [0.2, 0.25) is 5.02 Å². The van der Waals surface area contributed by atoms with Gasteiger partial charge in [-0.25, -0.2) is 4.83 Å². The smallest absolute Gasteiger partial charge is 0.276 e. The summed E-state index contributed by atoms with van der Waals surface area (Å²) in [6.45, 7) is 0. The molecule has 0 radical (unpaired) electrons. The van der Waals surface area contributed by atoms with E-state index < -0.39 is 10.0 Å². The Labute approximate surface area is 144 Å². The van der Waals surface area contributed by atoms with Crippen LogP contribution in [0.4, 0.5) is 0 Å². The van der Waals surface area contributed by atoms with Crippen molar-refractivity contribution in [3.63, 3.8) is 0 Å². The van der Waals surface area contributed by atoms with Gasteiger partial charge in [-0.05, 0) is 35.7 Å². The van der Waals surface area contributed by atoms with Gasteiger partial charge in [0.15, 0.2) is 0 Å². The molecule has 0 bridgehead atoms. The van der Waals surface area contributed by atoms with Crippen molar-refractivity contribution in [2.45, 2.75) is 4.90 Å². The minimum absolute atomic E-state index is 0.0440. The molecule has 0 aliphatic carbocycles. The van der Waals surface area contributed by atoms with Gasteiger partial charge in [0.1, 0.15) is 5.75 Å². The highest BCUT2D eigenvalue weighted by molar-refractivity contribution is 7.89. The maximum Gasteiger partial charge on any atom is 0.276 e. The molecule has 0 aliphatic heterocycles. The van der Waals surface area contributed by atoms with Crippen molar-refractivity contribution in [3.05, 3.63) is 71.2 Å². The summed E-state index contributed by atoms with van der Waals surface area (Å²) in [5, 5.41) is 16.0. The number of benzene rings is 3. The van der Waals surface area contributed by atoms with Gasteiger partial charge in [-0.2, -0.15) is 13.5 Å². The Balaban J connectivity index is 1.84. The van der Waals surface area contributed by atoms with Crippen LogP contribution in [0.25, 0.3) is 10.8 Å². The zero-order valence-corrected chi connectivity index (χ0v) is 13.9. The van der Waals surface area contributed by atoms with E-state index >= 15 is 0 Å². The molecule has 3 rings (SSSR count). The van der Waals surface area contributed by atoms with Crippen LogP contribution in [0.3, 0.4) is 0 Å². The Morgan fingerprint density at radius 3 is 2.46 bits per heavy atom. The highest BCUT2D eigenvalue weighted by Gasteiger charge is 2.12. The summed E-state index contributed by atoms with van der Waals surface area (Å²) in [4.78, 5) is 2.15. The molecule has 122 valence electrons. The maximum absolute atomic E-state index is 12.1. The largest absolute Gasteiger partial charge is 0.507 e. The third-order valence-electron chi connectivity index (χ3n) is 3.43. The normalized spacial score (nSPS) is 11.9. The third-order valence-corrected chi connectivity index (χ3v) is 4.92. The van der Waals surface area contributed by atoms with Crippen LogP contribution >= 0.6 is 11.6 Å². The van der Waals surface area contributed by atoms with E-state index in [2.05, 4.69) is 9.93 Å². The summed E-state index contributed by atoms with van der Waals surface area (Å²) in [6, 6.07) is 16.5. The van der Waals surface area contributed by atoms with Gasteiger partial charge in [-0.3, -0.25) is 0 Å². The number of aromatic hydroxyl groups is 1. The van der Waals surface area contributed by atoms with Gasteiger partial charge >= 0.3 is 0 Å². The molecule has 0 spiro atoms. The molecule has 5 nitrogen and oxygen atoms in total. The standard InChI is InChI=1S/C17H13ClN2O3S/c18-14-7-9-15(10-8-14)24(22,23)20-19-11-13-6-5-12-3-1-2-4-16(12)17(13)21/h1-11,20-21H/b19-11-. The first-order valence-electron chi connectivity index (χ1n) is 6.98. The molecule has 0 amide bonds. The zero-order chi connectivity index (χ0) is 17.2. The Morgan fingerprint density at radius 2 is 1.71 bits per heavy atom. The molecule has 24 heavy (non-hydrogen) atoms. The molecule has 7 heteroatoms. The van der Waals surface area contributed by atoms with Crippen LogP contribution in [0, 0.1) is 0 Å². The number of sulfonamides is 1. The summed E-state index contributed by atoms with van der Waals surface area (Å²) >= 11 is 5.74. The summed E-state index contributed by atoms with van der Waals surface area (Å²) in [5.74, 6) is 0.0440. The number of hydrogen-bond donors (Lipinski definition) is 2. The fourth-order valence-corrected chi connectivity index (χ4v) is 3.13. The monoisotopic (exact) mass is 360 g/mol. The van der Waals surface area contributed by atoms with E-state index in [0.717, 1.165) is 5.39 Å². The molecule has 2 N–H and O–H groups in total. The number of hydrazone groups is 1. The molecular weight excluding hydrogens is 348 g/mol. The second-order valence-corrected chi connectivity index (χ2v) is 7.13. The molecule has 0 saturated carbocycles. The van der Waals surface area contributed by atoms with Crippen LogP contribution in [0.15, 0.2) is 70.7 Å². The van der Waals surface area contributed by atoms with Crippen LogP contribution < -0.4 is 4.83 Å². The lowest BCUT2D eigenvalue weighted by molar-refractivity contribution is 0.481. The second-order valence-electron chi connectivity index (χ2n) is 5.03. The van der Waals surface area contributed by atoms with Gasteiger partial charge in [0, 0.05) is 16.0 Å². The summed E-state index contributed by atoms with van der Waals surface area (Å²) < 4.78 is 24.2. The van der Waals surface area contributed by atoms with Crippen molar-refractivity contribution in [2.75, 3.05) is 0 Å². The SMILES string of the molecule is O=S(=O)(N/N=C\c1ccc2ccccc2c1O)c1ccc(Cl)cc1. The van der Waals surface area contributed by atoms with Gasteiger partial charge in [0.05, 0.1) is 11.1 Å². The molecule has 0 unspecified atom stereocenters. The van der Waals surface area contributed by atoms with Crippen molar-refractivity contribution in [1.29, 1.82) is 0 Å². The fourth-order valence-electron chi connectivity index (χ4n) is 2.21. The fraction of sp³-hybridized carbons (Fsp3) is 0. The highest BCUT2D eigenvalue weighted by atomic mass is 35.5. The number of fused-ring (bicyclic) bond motifs is 1. The molecule has 0 aliphatic rings. The summed E-state index contributed by atoms with van der Waals surface area (Å²) in [5.41, 5.74) is 0.410. The molecule has 0 heterocycles. The Hall–Kier alpha value is -2.57. The summed E-state index contributed by atoms with van der Waals surface area (Å²) in [6.07, 6.45) is 1.26. The minimum Gasteiger partial charge on any atom is -0.507 e. The number of phenolic OH excluding ortho intramolecular Hbond substituents is 1. The van der Waals surface area contributed by atoms with Crippen molar-refractivity contribution in [3.8, 4) is 5.75 Å². The van der Waals surface area contributed by atoms with E-state index in [1.807, 2.05) is 24.3 Å². The van der Waals surface area contributed by atoms with Crippen molar-refractivity contribution in [1.82, 2.24) is 4.83 Å². The number of phenols is 1. The minimum atomic E-state index is -3.79. The highest BCUT2D eigenvalue weighted by Crippen LogP contribution is 2.27. The zero-order valence-electron chi connectivity index (χ0n) is 12.3. The molecule has 3 aromatic rings. The molecule has 0 saturated heterocycles.